The molecule has 1 unspecified atom stereocenters. The summed E-state index contributed by atoms with van der Waals surface area (Å²) in [6, 6.07) is 0. The quantitative estimate of drug-likeness (QED) is 0.693. The second-order valence-electron chi connectivity index (χ2n) is 5.12. The minimum atomic E-state index is -0.220. The number of Topliss-reactive ketones (excluding diaryl/α,β-unsaturated/α-hetero) is 1. The third-order valence-electron chi connectivity index (χ3n) is 2.09. The number of hydrogen-bond acceptors (Lipinski definition) is 2. The summed E-state index contributed by atoms with van der Waals surface area (Å²) in [6.45, 7) is 10.2. The molecule has 78 valence electrons. The maximum absolute atomic E-state index is 11.9. The number of ketones is 1. The fourth-order valence-corrected chi connectivity index (χ4v) is 1.76. The average molecular weight is 202 g/mol. The van der Waals surface area contributed by atoms with Crippen LogP contribution in [0.1, 0.15) is 41.0 Å². The lowest BCUT2D eigenvalue weighted by atomic mass is 9.80. The third-order valence-corrected chi connectivity index (χ3v) is 2.53. The molecule has 1 nitrogen and oxygen atoms in total. The monoisotopic (exact) mass is 202 g/mol. The summed E-state index contributed by atoms with van der Waals surface area (Å²) in [5.74, 6) is 1.72. The summed E-state index contributed by atoms with van der Waals surface area (Å²) < 4.78 is 0. The Balaban J connectivity index is 4.33. The van der Waals surface area contributed by atoms with E-state index in [4.69, 9.17) is 0 Å². The molecule has 0 rings (SSSR count). The molecule has 0 aliphatic heterocycles. The van der Waals surface area contributed by atoms with Crippen molar-refractivity contribution in [2.75, 3.05) is 5.75 Å². The lowest BCUT2D eigenvalue weighted by Crippen LogP contribution is -2.30. The van der Waals surface area contributed by atoms with E-state index in [0.29, 0.717) is 17.5 Å². The standard InChI is InChI=1S/C11H22OS/c1-8(2)6-9(7-13)10(12)11(3,4)5/h8-9,13H,6-7H2,1-5H3. The highest BCUT2D eigenvalue weighted by molar-refractivity contribution is 7.80. The summed E-state index contributed by atoms with van der Waals surface area (Å²) in [7, 11) is 0. The smallest absolute Gasteiger partial charge is 0.142 e. The van der Waals surface area contributed by atoms with E-state index >= 15 is 0 Å². The van der Waals surface area contributed by atoms with Gasteiger partial charge in [-0.1, -0.05) is 34.6 Å². The van der Waals surface area contributed by atoms with Gasteiger partial charge < -0.3 is 0 Å². The van der Waals surface area contributed by atoms with Crippen LogP contribution < -0.4 is 0 Å². The Morgan fingerprint density at radius 3 is 2.00 bits per heavy atom. The highest BCUT2D eigenvalue weighted by Gasteiger charge is 2.28. The van der Waals surface area contributed by atoms with Crippen molar-refractivity contribution in [2.24, 2.45) is 17.3 Å². The molecule has 0 radical (unpaired) electrons. The number of rotatable bonds is 4. The van der Waals surface area contributed by atoms with E-state index in [-0.39, 0.29) is 11.3 Å². The average Bonchev–Trinajstić information content (AvgIpc) is 1.96. The van der Waals surface area contributed by atoms with E-state index in [1.165, 1.54) is 0 Å². The molecule has 0 amide bonds. The van der Waals surface area contributed by atoms with Gasteiger partial charge in [-0.15, -0.1) is 0 Å². The minimum Gasteiger partial charge on any atom is -0.299 e. The van der Waals surface area contributed by atoms with Crippen molar-refractivity contribution in [2.45, 2.75) is 41.0 Å². The first-order valence-corrected chi connectivity index (χ1v) is 5.57. The normalized spacial score (nSPS) is 14.7. The van der Waals surface area contributed by atoms with Crippen molar-refractivity contribution >= 4 is 18.4 Å². The van der Waals surface area contributed by atoms with Gasteiger partial charge >= 0.3 is 0 Å². The minimum absolute atomic E-state index is 0.128. The third kappa shape index (κ3) is 4.70. The van der Waals surface area contributed by atoms with Crippen LogP contribution in [-0.4, -0.2) is 11.5 Å². The number of thiol groups is 1. The molecule has 0 aromatic heterocycles. The lowest BCUT2D eigenvalue weighted by molar-refractivity contribution is -0.130. The van der Waals surface area contributed by atoms with E-state index in [1.54, 1.807) is 0 Å². The van der Waals surface area contributed by atoms with E-state index in [0.717, 1.165) is 6.42 Å². The molecule has 0 saturated carbocycles. The van der Waals surface area contributed by atoms with Gasteiger partial charge in [0.1, 0.15) is 5.78 Å². The van der Waals surface area contributed by atoms with Gasteiger partial charge in [-0.05, 0) is 12.3 Å². The molecule has 0 aromatic rings. The topological polar surface area (TPSA) is 17.1 Å². The summed E-state index contributed by atoms with van der Waals surface area (Å²) in [4.78, 5) is 11.9. The maximum Gasteiger partial charge on any atom is 0.142 e. The van der Waals surface area contributed by atoms with Crippen LogP contribution in [-0.2, 0) is 4.79 Å². The van der Waals surface area contributed by atoms with Gasteiger partial charge in [-0.3, -0.25) is 4.79 Å². The Labute approximate surface area is 87.7 Å². The number of carbonyl (C=O) groups excluding carboxylic acids is 1. The molecule has 0 aromatic carbocycles. The van der Waals surface area contributed by atoms with Crippen molar-refractivity contribution in [1.82, 2.24) is 0 Å². The van der Waals surface area contributed by atoms with Crippen LogP contribution in [0.2, 0.25) is 0 Å². The first-order chi connectivity index (χ1) is 5.79. The van der Waals surface area contributed by atoms with Gasteiger partial charge in [0.05, 0.1) is 0 Å². The fourth-order valence-electron chi connectivity index (χ4n) is 1.45. The predicted molar refractivity (Wildman–Crippen MR) is 61.3 cm³/mol. The largest absolute Gasteiger partial charge is 0.299 e. The molecule has 0 heterocycles. The van der Waals surface area contributed by atoms with E-state index in [2.05, 4.69) is 26.5 Å². The Bertz CT molecular complexity index is 167. The molecule has 0 saturated heterocycles. The second kappa shape index (κ2) is 5.04. The Kier molecular flexibility index (Phi) is 5.05. The van der Waals surface area contributed by atoms with E-state index < -0.39 is 0 Å². The molecule has 0 spiro atoms. The van der Waals surface area contributed by atoms with Crippen LogP contribution in [0, 0.1) is 17.3 Å². The van der Waals surface area contributed by atoms with Gasteiger partial charge in [0, 0.05) is 17.1 Å². The van der Waals surface area contributed by atoms with Gasteiger partial charge in [0.25, 0.3) is 0 Å². The molecular weight excluding hydrogens is 180 g/mol. The van der Waals surface area contributed by atoms with Crippen molar-refractivity contribution < 1.29 is 4.79 Å². The van der Waals surface area contributed by atoms with Gasteiger partial charge in [-0.2, -0.15) is 12.6 Å². The Morgan fingerprint density at radius 1 is 1.31 bits per heavy atom. The van der Waals surface area contributed by atoms with Crippen molar-refractivity contribution in [1.29, 1.82) is 0 Å². The van der Waals surface area contributed by atoms with Crippen LogP contribution in [0.3, 0.4) is 0 Å². The van der Waals surface area contributed by atoms with Gasteiger partial charge in [0.15, 0.2) is 0 Å². The summed E-state index contributed by atoms with van der Waals surface area (Å²) in [5, 5.41) is 0. The molecule has 2 heteroatoms. The molecule has 0 aliphatic carbocycles. The van der Waals surface area contributed by atoms with Crippen molar-refractivity contribution in [3.05, 3.63) is 0 Å². The Hall–Kier alpha value is 0.0200. The molecule has 0 fully saturated rings. The summed E-state index contributed by atoms with van der Waals surface area (Å²) in [5.41, 5.74) is -0.220. The van der Waals surface area contributed by atoms with Crippen LogP contribution in [0.25, 0.3) is 0 Å². The molecule has 0 bridgehead atoms. The zero-order valence-corrected chi connectivity index (χ0v) is 10.3. The summed E-state index contributed by atoms with van der Waals surface area (Å²) in [6.07, 6.45) is 0.958. The molecule has 13 heavy (non-hydrogen) atoms. The van der Waals surface area contributed by atoms with Gasteiger partial charge in [0.2, 0.25) is 0 Å². The highest BCUT2D eigenvalue weighted by atomic mass is 32.1. The molecule has 0 aliphatic rings. The van der Waals surface area contributed by atoms with E-state index in [1.807, 2.05) is 20.8 Å². The Morgan fingerprint density at radius 2 is 1.77 bits per heavy atom. The van der Waals surface area contributed by atoms with Crippen LogP contribution in [0.15, 0.2) is 0 Å². The maximum atomic E-state index is 11.9. The zero-order valence-electron chi connectivity index (χ0n) is 9.42. The second-order valence-corrected chi connectivity index (χ2v) is 5.49. The SMILES string of the molecule is CC(C)CC(CS)C(=O)C(C)(C)C. The zero-order chi connectivity index (χ0) is 10.6. The highest BCUT2D eigenvalue weighted by Crippen LogP contribution is 2.25. The predicted octanol–water partition coefficient (Wildman–Crippen LogP) is 3.19. The molecule has 1 atom stereocenters. The summed E-state index contributed by atoms with van der Waals surface area (Å²) >= 11 is 4.24. The first kappa shape index (κ1) is 13.0. The molecular formula is C11H22OS. The first-order valence-electron chi connectivity index (χ1n) is 4.94. The number of carbonyl (C=O) groups is 1. The van der Waals surface area contributed by atoms with Crippen LogP contribution in [0.4, 0.5) is 0 Å². The van der Waals surface area contributed by atoms with E-state index in [9.17, 15) is 4.79 Å². The lowest BCUT2D eigenvalue weighted by Gasteiger charge is -2.24. The number of hydrogen-bond donors (Lipinski definition) is 1. The fraction of sp³-hybridized carbons (Fsp3) is 0.909. The van der Waals surface area contributed by atoms with Crippen molar-refractivity contribution in [3.63, 3.8) is 0 Å². The van der Waals surface area contributed by atoms with Crippen LogP contribution in [0.5, 0.6) is 0 Å². The molecule has 0 N–H and O–H groups in total. The van der Waals surface area contributed by atoms with Gasteiger partial charge in [-0.25, -0.2) is 0 Å². The van der Waals surface area contributed by atoms with Crippen LogP contribution >= 0.6 is 12.6 Å². The van der Waals surface area contributed by atoms with Crippen molar-refractivity contribution in [3.8, 4) is 0 Å².